The largest absolute Gasteiger partial charge is 0.478 e. The van der Waals surface area contributed by atoms with Crippen molar-refractivity contribution < 1.29 is 18.3 Å². The van der Waals surface area contributed by atoms with Gasteiger partial charge in [-0.3, -0.25) is 0 Å². The first-order valence-electron chi connectivity index (χ1n) is 5.96. The summed E-state index contributed by atoms with van der Waals surface area (Å²) in [6, 6.07) is 11.9. The van der Waals surface area contributed by atoms with Gasteiger partial charge in [0.15, 0.2) is 0 Å². The second-order valence-corrected chi connectivity index (χ2v) is 6.49. The Kier molecular flexibility index (Phi) is 4.62. The van der Waals surface area contributed by atoms with E-state index in [1.165, 1.54) is 18.2 Å². The number of hydrogen-bond donors (Lipinski definition) is 2. The Morgan fingerprint density at radius 2 is 1.81 bits per heavy atom. The molecule has 7 heteroatoms. The first-order valence-corrected chi connectivity index (χ1v) is 7.82. The van der Waals surface area contributed by atoms with E-state index in [-0.39, 0.29) is 17.0 Å². The lowest BCUT2D eigenvalue weighted by atomic mass is 10.2. The highest BCUT2D eigenvalue weighted by atomic mass is 35.5. The molecule has 0 radical (unpaired) electrons. The van der Waals surface area contributed by atoms with E-state index in [4.69, 9.17) is 16.7 Å². The van der Waals surface area contributed by atoms with Crippen molar-refractivity contribution >= 4 is 27.6 Å². The summed E-state index contributed by atoms with van der Waals surface area (Å²) in [6.45, 7) is 0.0940. The van der Waals surface area contributed by atoms with E-state index in [2.05, 4.69) is 4.72 Å². The summed E-state index contributed by atoms with van der Waals surface area (Å²) in [5.41, 5.74) is 0.668. The van der Waals surface area contributed by atoms with Crippen molar-refractivity contribution in [3.63, 3.8) is 0 Å². The molecule has 2 aromatic carbocycles. The van der Waals surface area contributed by atoms with E-state index in [1.807, 2.05) is 0 Å². The maximum Gasteiger partial charge on any atom is 0.335 e. The van der Waals surface area contributed by atoms with Gasteiger partial charge < -0.3 is 5.11 Å². The number of aromatic carboxylic acids is 1. The van der Waals surface area contributed by atoms with E-state index in [9.17, 15) is 13.2 Å². The zero-order valence-corrected chi connectivity index (χ0v) is 12.4. The van der Waals surface area contributed by atoms with Crippen LogP contribution >= 0.6 is 11.6 Å². The van der Waals surface area contributed by atoms with E-state index in [0.29, 0.717) is 5.02 Å². The quantitative estimate of drug-likeness (QED) is 0.884. The lowest BCUT2D eigenvalue weighted by Gasteiger charge is -2.07. The van der Waals surface area contributed by atoms with Crippen molar-refractivity contribution in [2.24, 2.45) is 0 Å². The van der Waals surface area contributed by atoms with Gasteiger partial charge in [-0.1, -0.05) is 29.8 Å². The molecule has 21 heavy (non-hydrogen) atoms. The van der Waals surface area contributed by atoms with Gasteiger partial charge in [-0.2, -0.15) is 0 Å². The van der Waals surface area contributed by atoms with Crippen molar-refractivity contribution in [1.29, 1.82) is 0 Å². The van der Waals surface area contributed by atoms with Crippen LogP contribution in [0.25, 0.3) is 0 Å². The highest BCUT2D eigenvalue weighted by Gasteiger charge is 2.15. The van der Waals surface area contributed by atoms with Crippen molar-refractivity contribution in [3.05, 3.63) is 64.7 Å². The lowest BCUT2D eigenvalue weighted by molar-refractivity contribution is 0.0696. The number of carbonyl (C=O) groups is 1. The molecule has 0 saturated heterocycles. The van der Waals surface area contributed by atoms with Crippen LogP contribution in [-0.2, 0) is 16.6 Å². The van der Waals surface area contributed by atoms with Gasteiger partial charge in [-0.25, -0.2) is 17.9 Å². The smallest absolute Gasteiger partial charge is 0.335 e. The third-order valence-corrected chi connectivity index (χ3v) is 4.42. The monoisotopic (exact) mass is 325 g/mol. The van der Waals surface area contributed by atoms with Crippen LogP contribution in [0.4, 0.5) is 0 Å². The molecular weight excluding hydrogens is 314 g/mol. The van der Waals surface area contributed by atoms with Crippen LogP contribution in [0.2, 0.25) is 5.02 Å². The topological polar surface area (TPSA) is 83.5 Å². The summed E-state index contributed by atoms with van der Waals surface area (Å²) in [7, 11) is -3.77. The summed E-state index contributed by atoms with van der Waals surface area (Å²) in [4.78, 5) is 10.8. The fourth-order valence-electron chi connectivity index (χ4n) is 1.66. The Labute approximate surface area is 127 Å². The Hall–Kier alpha value is -1.89. The molecule has 0 aliphatic rings. The Morgan fingerprint density at radius 3 is 2.43 bits per heavy atom. The van der Waals surface area contributed by atoms with E-state index in [1.54, 1.807) is 24.3 Å². The van der Waals surface area contributed by atoms with Crippen molar-refractivity contribution in [1.82, 2.24) is 4.72 Å². The van der Waals surface area contributed by atoms with Crippen LogP contribution in [0.1, 0.15) is 15.9 Å². The summed E-state index contributed by atoms with van der Waals surface area (Å²) in [6.07, 6.45) is 0. The van der Waals surface area contributed by atoms with E-state index < -0.39 is 16.0 Å². The van der Waals surface area contributed by atoms with Crippen LogP contribution in [0.5, 0.6) is 0 Å². The number of sulfonamides is 1. The molecule has 0 atom stereocenters. The first-order chi connectivity index (χ1) is 9.88. The number of rotatable bonds is 5. The molecule has 5 nitrogen and oxygen atoms in total. The molecule has 0 fully saturated rings. The standard InChI is InChI=1S/C14H12ClNO4S/c15-12-6-4-10(5-7-12)9-16-21(19,20)13-3-1-2-11(8-13)14(17)18/h1-8,16H,9H2,(H,17,18). The number of halogens is 1. The number of carboxylic acids is 1. The maximum absolute atomic E-state index is 12.1. The molecule has 2 rings (SSSR count). The minimum atomic E-state index is -3.77. The van der Waals surface area contributed by atoms with Crippen LogP contribution in [-0.4, -0.2) is 19.5 Å². The summed E-state index contributed by atoms with van der Waals surface area (Å²) in [5, 5.41) is 9.45. The van der Waals surface area contributed by atoms with Gasteiger partial charge >= 0.3 is 5.97 Å². The summed E-state index contributed by atoms with van der Waals surface area (Å²) in [5.74, 6) is -1.18. The van der Waals surface area contributed by atoms with Gasteiger partial charge in [0.05, 0.1) is 10.5 Å². The second-order valence-electron chi connectivity index (χ2n) is 4.28. The highest BCUT2D eigenvalue weighted by Crippen LogP contribution is 2.13. The average molecular weight is 326 g/mol. The highest BCUT2D eigenvalue weighted by molar-refractivity contribution is 7.89. The van der Waals surface area contributed by atoms with Crippen molar-refractivity contribution in [2.75, 3.05) is 0 Å². The van der Waals surface area contributed by atoms with Gasteiger partial charge in [0.25, 0.3) is 0 Å². The minimum Gasteiger partial charge on any atom is -0.478 e. The Balaban J connectivity index is 2.16. The molecule has 2 N–H and O–H groups in total. The van der Waals surface area contributed by atoms with Crippen LogP contribution < -0.4 is 4.72 Å². The van der Waals surface area contributed by atoms with Gasteiger partial charge in [-0.05, 0) is 35.9 Å². The SMILES string of the molecule is O=C(O)c1cccc(S(=O)(=O)NCc2ccc(Cl)cc2)c1. The molecule has 0 heterocycles. The fraction of sp³-hybridized carbons (Fsp3) is 0.0714. The maximum atomic E-state index is 12.1. The normalized spacial score (nSPS) is 11.3. The molecule has 0 saturated carbocycles. The molecule has 2 aromatic rings. The molecule has 0 amide bonds. The first kappa shape index (κ1) is 15.5. The third-order valence-electron chi connectivity index (χ3n) is 2.77. The molecule has 110 valence electrons. The Morgan fingerprint density at radius 1 is 1.14 bits per heavy atom. The zero-order chi connectivity index (χ0) is 15.5. The van der Waals surface area contributed by atoms with E-state index >= 15 is 0 Å². The minimum absolute atomic E-state index is 0.0793. The Bertz CT molecular complexity index is 757. The average Bonchev–Trinajstić information content (AvgIpc) is 2.47. The second kappa shape index (κ2) is 6.26. The predicted molar refractivity (Wildman–Crippen MR) is 78.9 cm³/mol. The number of hydrogen-bond acceptors (Lipinski definition) is 3. The number of benzene rings is 2. The van der Waals surface area contributed by atoms with Gasteiger partial charge in [0, 0.05) is 11.6 Å². The van der Waals surface area contributed by atoms with Crippen molar-refractivity contribution in [2.45, 2.75) is 11.4 Å². The van der Waals surface area contributed by atoms with Crippen LogP contribution in [0.3, 0.4) is 0 Å². The third kappa shape index (κ3) is 4.04. The van der Waals surface area contributed by atoms with Crippen LogP contribution in [0, 0.1) is 0 Å². The van der Waals surface area contributed by atoms with Gasteiger partial charge in [0.2, 0.25) is 10.0 Å². The molecule has 0 bridgehead atoms. The van der Waals surface area contributed by atoms with E-state index in [0.717, 1.165) is 11.6 Å². The summed E-state index contributed by atoms with van der Waals surface area (Å²) >= 11 is 5.75. The molecule has 0 spiro atoms. The molecule has 0 aromatic heterocycles. The number of nitrogens with one attached hydrogen (secondary N) is 1. The molecule has 0 aliphatic carbocycles. The van der Waals surface area contributed by atoms with Gasteiger partial charge in [0.1, 0.15) is 0 Å². The molecular formula is C14H12ClNO4S. The van der Waals surface area contributed by atoms with Crippen molar-refractivity contribution in [3.8, 4) is 0 Å². The number of carboxylic acid groups (broad SMARTS) is 1. The lowest BCUT2D eigenvalue weighted by Crippen LogP contribution is -2.23. The molecule has 0 aliphatic heterocycles. The zero-order valence-electron chi connectivity index (χ0n) is 10.8. The molecule has 0 unspecified atom stereocenters. The summed E-state index contributed by atoms with van der Waals surface area (Å²) < 4.78 is 26.6. The predicted octanol–water partition coefficient (Wildman–Crippen LogP) is 2.52. The van der Waals surface area contributed by atoms with Crippen LogP contribution in [0.15, 0.2) is 53.4 Å². The fourth-order valence-corrected chi connectivity index (χ4v) is 2.85. The van der Waals surface area contributed by atoms with Gasteiger partial charge in [-0.15, -0.1) is 0 Å².